The van der Waals surface area contributed by atoms with Crippen molar-refractivity contribution in [1.82, 2.24) is 5.32 Å². The fraction of sp³-hybridized carbons (Fsp3) is 0.500. The van der Waals surface area contributed by atoms with Gasteiger partial charge in [-0.25, -0.2) is 4.39 Å². The number of ether oxygens (including phenoxy) is 1. The molecule has 2 N–H and O–H groups in total. The van der Waals surface area contributed by atoms with Gasteiger partial charge in [0.1, 0.15) is 0 Å². The molecule has 0 fully saturated rings. The highest BCUT2D eigenvalue weighted by molar-refractivity contribution is 5.66. The number of hydrogen-bond donors (Lipinski definition) is 2. The van der Waals surface area contributed by atoms with E-state index in [0.29, 0.717) is 19.5 Å². The molecule has 0 radical (unpaired) electrons. The van der Waals surface area contributed by atoms with Crippen molar-refractivity contribution < 1.29 is 19.0 Å². The molecule has 0 saturated heterocycles. The fourth-order valence-corrected chi connectivity index (χ4v) is 1.82. The molecule has 1 unspecified atom stereocenters. The number of benzene rings is 1. The van der Waals surface area contributed by atoms with E-state index in [1.165, 1.54) is 13.2 Å². The SMILES string of the molecule is COc1ccc(CCNCC(C)CC(=O)O)cc1F. The van der Waals surface area contributed by atoms with Crippen LogP contribution in [0.25, 0.3) is 0 Å². The number of hydrogen-bond acceptors (Lipinski definition) is 3. The summed E-state index contributed by atoms with van der Waals surface area (Å²) in [6.07, 6.45) is 0.852. The van der Waals surface area contributed by atoms with E-state index in [0.717, 1.165) is 5.56 Å². The summed E-state index contributed by atoms with van der Waals surface area (Å²) < 4.78 is 18.3. The zero-order chi connectivity index (χ0) is 14.3. The summed E-state index contributed by atoms with van der Waals surface area (Å²) >= 11 is 0. The quantitative estimate of drug-likeness (QED) is 0.709. The number of carboxylic acids is 1. The highest BCUT2D eigenvalue weighted by Crippen LogP contribution is 2.17. The van der Waals surface area contributed by atoms with Gasteiger partial charge in [-0.3, -0.25) is 4.79 Å². The predicted molar refractivity (Wildman–Crippen MR) is 70.9 cm³/mol. The van der Waals surface area contributed by atoms with Crippen LogP contribution in [0, 0.1) is 11.7 Å². The van der Waals surface area contributed by atoms with Gasteiger partial charge >= 0.3 is 5.97 Å². The molecule has 1 rings (SSSR count). The summed E-state index contributed by atoms with van der Waals surface area (Å²) in [4.78, 5) is 10.5. The molecular weight excluding hydrogens is 249 g/mol. The molecule has 106 valence electrons. The highest BCUT2D eigenvalue weighted by Gasteiger charge is 2.07. The molecule has 0 heterocycles. The standard InChI is InChI=1S/C14H20FNO3/c1-10(7-14(17)18)9-16-6-5-11-3-4-13(19-2)12(15)8-11/h3-4,8,10,16H,5-7,9H2,1-2H3,(H,17,18). The lowest BCUT2D eigenvalue weighted by Crippen LogP contribution is -2.24. The monoisotopic (exact) mass is 269 g/mol. The molecule has 0 aliphatic carbocycles. The van der Waals surface area contributed by atoms with Gasteiger partial charge in [-0.05, 0) is 43.1 Å². The summed E-state index contributed by atoms with van der Waals surface area (Å²) in [5, 5.41) is 11.8. The normalized spacial score (nSPS) is 12.2. The summed E-state index contributed by atoms with van der Waals surface area (Å²) in [5.74, 6) is -0.817. The zero-order valence-electron chi connectivity index (χ0n) is 11.3. The number of carboxylic acid groups (broad SMARTS) is 1. The first-order valence-corrected chi connectivity index (χ1v) is 6.28. The Hall–Kier alpha value is -1.62. The van der Waals surface area contributed by atoms with Gasteiger partial charge in [-0.15, -0.1) is 0 Å². The predicted octanol–water partition coefficient (Wildman–Crippen LogP) is 2.08. The van der Waals surface area contributed by atoms with Crippen LogP contribution in [0.5, 0.6) is 5.75 Å². The lowest BCUT2D eigenvalue weighted by molar-refractivity contribution is -0.137. The van der Waals surface area contributed by atoms with Crippen LogP contribution < -0.4 is 10.1 Å². The lowest BCUT2D eigenvalue weighted by atomic mass is 10.1. The molecular formula is C14H20FNO3. The van der Waals surface area contributed by atoms with Gasteiger partial charge in [-0.1, -0.05) is 13.0 Å². The summed E-state index contributed by atoms with van der Waals surface area (Å²) in [6, 6.07) is 4.89. The Kier molecular flexibility index (Phi) is 6.29. The van der Waals surface area contributed by atoms with Gasteiger partial charge < -0.3 is 15.2 Å². The van der Waals surface area contributed by atoms with Crippen molar-refractivity contribution in [3.8, 4) is 5.75 Å². The van der Waals surface area contributed by atoms with E-state index in [9.17, 15) is 9.18 Å². The van der Waals surface area contributed by atoms with Crippen LogP contribution in [0.4, 0.5) is 4.39 Å². The second-order valence-corrected chi connectivity index (χ2v) is 4.63. The van der Waals surface area contributed by atoms with E-state index < -0.39 is 5.97 Å². The van der Waals surface area contributed by atoms with E-state index in [2.05, 4.69) is 5.32 Å². The molecule has 1 aromatic rings. The van der Waals surface area contributed by atoms with Gasteiger partial charge in [-0.2, -0.15) is 0 Å². The lowest BCUT2D eigenvalue weighted by Gasteiger charge is -2.10. The molecule has 1 aromatic carbocycles. The van der Waals surface area contributed by atoms with E-state index in [4.69, 9.17) is 9.84 Å². The first kappa shape index (κ1) is 15.4. The minimum atomic E-state index is -0.786. The minimum absolute atomic E-state index is 0.0881. The highest BCUT2D eigenvalue weighted by atomic mass is 19.1. The van der Waals surface area contributed by atoms with E-state index in [-0.39, 0.29) is 23.9 Å². The van der Waals surface area contributed by atoms with Gasteiger partial charge in [0.2, 0.25) is 0 Å². The van der Waals surface area contributed by atoms with E-state index in [1.807, 2.05) is 13.0 Å². The molecule has 0 aliphatic heterocycles. The number of methoxy groups -OCH3 is 1. The number of carbonyl (C=O) groups is 1. The Labute approximate surface area is 112 Å². The third-order valence-corrected chi connectivity index (χ3v) is 2.82. The van der Waals surface area contributed by atoms with Crippen molar-refractivity contribution in [1.29, 1.82) is 0 Å². The first-order valence-electron chi connectivity index (χ1n) is 6.28. The molecule has 0 aliphatic rings. The molecule has 1 atom stereocenters. The molecule has 0 saturated carbocycles. The van der Waals surface area contributed by atoms with Crippen molar-refractivity contribution in [2.45, 2.75) is 19.8 Å². The van der Waals surface area contributed by atoms with Gasteiger partial charge in [0, 0.05) is 6.42 Å². The summed E-state index contributed by atoms with van der Waals surface area (Å²) in [7, 11) is 1.43. The van der Waals surface area contributed by atoms with Crippen LogP contribution in [-0.2, 0) is 11.2 Å². The smallest absolute Gasteiger partial charge is 0.303 e. The molecule has 19 heavy (non-hydrogen) atoms. The van der Waals surface area contributed by atoms with Crippen LogP contribution in [0.15, 0.2) is 18.2 Å². The van der Waals surface area contributed by atoms with Crippen molar-refractivity contribution in [2.24, 2.45) is 5.92 Å². The van der Waals surface area contributed by atoms with Crippen LogP contribution in [0.3, 0.4) is 0 Å². The maximum Gasteiger partial charge on any atom is 0.303 e. The van der Waals surface area contributed by atoms with Crippen LogP contribution in [0.1, 0.15) is 18.9 Å². The van der Waals surface area contributed by atoms with Crippen molar-refractivity contribution in [3.63, 3.8) is 0 Å². The van der Waals surface area contributed by atoms with Crippen molar-refractivity contribution in [2.75, 3.05) is 20.2 Å². The topological polar surface area (TPSA) is 58.6 Å². The Morgan fingerprint density at radius 1 is 1.53 bits per heavy atom. The number of nitrogens with one attached hydrogen (secondary N) is 1. The minimum Gasteiger partial charge on any atom is -0.494 e. The number of halogens is 1. The van der Waals surface area contributed by atoms with Crippen LogP contribution >= 0.6 is 0 Å². The number of rotatable bonds is 8. The van der Waals surface area contributed by atoms with Gasteiger partial charge in [0.05, 0.1) is 7.11 Å². The Bertz CT molecular complexity index is 423. The van der Waals surface area contributed by atoms with Gasteiger partial charge in [0.15, 0.2) is 11.6 Å². The Morgan fingerprint density at radius 2 is 2.26 bits per heavy atom. The summed E-state index contributed by atoms with van der Waals surface area (Å²) in [5.41, 5.74) is 0.886. The second-order valence-electron chi connectivity index (χ2n) is 4.63. The second kappa shape index (κ2) is 7.74. The van der Waals surface area contributed by atoms with Crippen LogP contribution in [-0.4, -0.2) is 31.3 Å². The molecule has 0 aromatic heterocycles. The van der Waals surface area contributed by atoms with E-state index in [1.54, 1.807) is 6.07 Å². The Balaban J connectivity index is 2.29. The first-order chi connectivity index (χ1) is 9.02. The number of aliphatic carboxylic acids is 1. The average Bonchev–Trinajstić information content (AvgIpc) is 2.34. The van der Waals surface area contributed by atoms with Crippen molar-refractivity contribution >= 4 is 5.97 Å². The third-order valence-electron chi connectivity index (χ3n) is 2.82. The van der Waals surface area contributed by atoms with Crippen molar-refractivity contribution in [3.05, 3.63) is 29.6 Å². The maximum atomic E-state index is 13.4. The molecule has 0 amide bonds. The molecule has 5 heteroatoms. The largest absolute Gasteiger partial charge is 0.494 e. The maximum absolute atomic E-state index is 13.4. The zero-order valence-corrected chi connectivity index (χ0v) is 11.3. The van der Waals surface area contributed by atoms with Gasteiger partial charge in [0.25, 0.3) is 0 Å². The third kappa shape index (κ3) is 5.70. The Morgan fingerprint density at radius 3 is 2.84 bits per heavy atom. The molecule has 4 nitrogen and oxygen atoms in total. The fourth-order valence-electron chi connectivity index (χ4n) is 1.82. The summed E-state index contributed by atoms with van der Waals surface area (Å²) in [6.45, 7) is 3.22. The molecule has 0 spiro atoms. The van der Waals surface area contributed by atoms with Crippen LogP contribution in [0.2, 0.25) is 0 Å². The molecule has 0 bridgehead atoms. The van der Waals surface area contributed by atoms with E-state index >= 15 is 0 Å². The average molecular weight is 269 g/mol.